The van der Waals surface area contributed by atoms with Crippen LogP contribution >= 0.6 is 0 Å². The fourth-order valence-electron chi connectivity index (χ4n) is 2.15. The molecule has 0 aromatic heterocycles. The number of amides is 1. The SMILES string of the molecule is CN1CCN(CC2CC2)C(=O)C1CC(=O)O. The van der Waals surface area contributed by atoms with Crippen molar-refractivity contribution >= 4 is 11.9 Å². The first-order valence-corrected chi connectivity index (χ1v) is 5.78. The summed E-state index contributed by atoms with van der Waals surface area (Å²) in [6.07, 6.45) is 2.34. The fourth-order valence-corrected chi connectivity index (χ4v) is 2.15. The van der Waals surface area contributed by atoms with E-state index in [1.807, 2.05) is 16.8 Å². The number of rotatable bonds is 4. The van der Waals surface area contributed by atoms with E-state index < -0.39 is 12.0 Å². The highest BCUT2D eigenvalue weighted by Crippen LogP contribution is 2.30. The molecule has 16 heavy (non-hydrogen) atoms. The highest BCUT2D eigenvalue weighted by atomic mass is 16.4. The second-order valence-electron chi connectivity index (χ2n) is 4.82. The lowest BCUT2D eigenvalue weighted by Gasteiger charge is -2.38. The van der Waals surface area contributed by atoms with Crippen molar-refractivity contribution in [3.05, 3.63) is 0 Å². The van der Waals surface area contributed by atoms with Crippen molar-refractivity contribution in [1.82, 2.24) is 9.80 Å². The number of nitrogens with zero attached hydrogens (tertiary/aromatic N) is 2. The molecule has 2 fully saturated rings. The van der Waals surface area contributed by atoms with Gasteiger partial charge in [-0.1, -0.05) is 0 Å². The Hall–Kier alpha value is -1.10. The highest BCUT2D eigenvalue weighted by molar-refractivity contribution is 5.86. The number of carboxylic acids is 1. The Bertz CT molecular complexity index is 302. The molecule has 1 N–H and O–H groups in total. The van der Waals surface area contributed by atoms with Crippen LogP contribution in [0.3, 0.4) is 0 Å². The predicted octanol–water partition coefficient (Wildman–Crippen LogP) is 0.0137. The summed E-state index contributed by atoms with van der Waals surface area (Å²) in [5, 5.41) is 8.78. The number of carboxylic acid groups (broad SMARTS) is 1. The minimum Gasteiger partial charge on any atom is -0.481 e. The molecule has 0 spiro atoms. The van der Waals surface area contributed by atoms with Crippen molar-refractivity contribution in [2.45, 2.75) is 25.3 Å². The van der Waals surface area contributed by atoms with Crippen LogP contribution in [0.1, 0.15) is 19.3 Å². The van der Waals surface area contributed by atoms with Gasteiger partial charge < -0.3 is 10.0 Å². The van der Waals surface area contributed by atoms with Gasteiger partial charge in [-0.05, 0) is 25.8 Å². The van der Waals surface area contributed by atoms with Gasteiger partial charge in [-0.25, -0.2) is 0 Å². The second kappa shape index (κ2) is 4.41. The minimum atomic E-state index is -0.904. The van der Waals surface area contributed by atoms with Crippen LogP contribution in [0.4, 0.5) is 0 Å². The van der Waals surface area contributed by atoms with E-state index in [0.29, 0.717) is 5.92 Å². The molecular weight excluding hydrogens is 208 g/mol. The zero-order valence-electron chi connectivity index (χ0n) is 9.56. The Balaban J connectivity index is 1.97. The molecule has 1 saturated carbocycles. The van der Waals surface area contributed by atoms with Crippen molar-refractivity contribution in [1.29, 1.82) is 0 Å². The number of carbonyl (C=O) groups is 2. The van der Waals surface area contributed by atoms with E-state index >= 15 is 0 Å². The molecule has 5 heteroatoms. The van der Waals surface area contributed by atoms with E-state index in [4.69, 9.17) is 5.11 Å². The molecule has 1 saturated heterocycles. The number of aliphatic carboxylic acids is 1. The molecule has 0 aromatic carbocycles. The fraction of sp³-hybridized carbons (Fsp3) is 0.818. The number of likely N-dealkylation sites (N-methyl/N-ethyl adjacent to an activating group) is 1. The molecule has 0 radical (unpaired) electrons. The first-order chi connectivity index (χ1) is 7.58. The minimum absolute atomic E-state index is 0.0111. The lowest BCUT2D eigenvalue weighted by Crippen LogP contribution is -2.56. The van der Waals surface area contributed by atoms with Crippen LogP contribution in [-0.4, -0.2) is 59.5 Å². The number of hydrogen-bond donors (Lipinski definition) is 1. The van der Waals surface area contributed by atoms with Gasteiger partial charge in [0, 0.05) is 19.6 Å². The summed E-state index contributed by atoms with van der Waals surface area (Å²) >= 11 is 0. The maximum atomic E-state index is 12.1. The van der Waals surface area contributed by atoms with Crippen molar-refractivity contribution in [2.75, 3.05) is 26.7 Å². The van der Waals surface area contributed by atoms with Gasteiger partial charge in [-0.2, -0.15) is 0 Å². The highest BCUT2D eigenvalue weighted by Gasteiger charge is 2.36. The van der Waals surface area contributed by atoms with E-state index in [-0.39, 0.29) is 12.3 Å². The molecule has 2 rings (SSSR count). The summed E-state index contributed by atoms with van der Waals surface area (Å²) in [6.45, 7) is 2.33. The average Bonchev–Trinajstić information content (AvgIpc) is 3.00. The molecule has 2 aliphatic rings. The van der Waals surface area contributed by atoms with Crippen LogP contribution in [-0.2, 0) is 9.59 Å². The van der Waals surface area contributed by atoms with Crippen molar-refractivity contribution in [3.8, 4) is 0 Å². The van der Waals surface area contributed by atoms with Crippen LogP contribution in [0.2, 0.25) is 0 Å². The molecule has 1 aliphatic heterocycles. The molecule has 1 amide bonds. The summed E-state index contributed by atoms with van der Waals surface area (Å²) in [7, 11) is 1.82. The predicted molar refractivity (Wildman–Crippen MR) is 58.0 cm³/mol. The third kappa shape index (κ3) is 2.52. The average molecular weight is 226 g/mol. The van der Waals surface area contributed by atoms with Gasteiger partial charge in [0.05, 0.1) is 12.5 Å². The van der Waals surface area contributed by atoms with Gasteiger partial charge in [0.2, 0.25) is 5.91 Å². The van der Waals surface area contributed by atoms with Gasteiger partial charge >= 0.3 is 5.97 Å². The zero-order chi connectivity index (χ0) is 11.7. The van der Waals surface area contributed by atoms with Gasteiger partial charge in [0.25, 0.3) is 0 Å². The van der Waals surface area contributed by atoms with Crippen LogP contribution in [0, 0.1) is 5.92 Å². The van der Waals surface area contributed by atoms with Crippen LogP contribution in [0.5, 0.6) is 0 Å². The number of piperazine rings is 1. The first kappa shape index (κ1) is 11.4. The molecular formula is C11H18N2O3. The number of hydrogen-bond acceptors (Lipinski definition) is 3. The van der Waals surface area contributed by atoms with Crippen molar-refractivity contribution in [3.63, 3.8) is 0 Å². The van der Waals surface area contributed by atoms with Gasteiger partial charge in [-0.15, -0.1) is 0 Å². The van der Waals surface area contributed by atoms with E-state index in [1.54, 1.807) is 0 Å². The summed E-state index contributed by atoms with van der Waals surface area (Å²) in [5.41, 5.74) is 0. The third-order valence-electron chi connectivity index (χ3n) is 3.39. The quantitative estimate of drug-likeness (QED) is 0.733. The Morgan fingerprint density at radius 2 is 2.12 bits per heavy atom. The maximum absolute atomic E-state index is 12.1. The molecule has 1 unspecified atom stereocenters. The third-order valence-corrected chi connectivity index (χ3v) is 3.39. The smallest absolute Gasteiger partial charge is 0.305 e. The maximum Gasteiger partial charge on any atom is 0.305 e. The van der Waals surface area contributed by atoms with Crippen molar-refractivity contribution in [2.24, 2.45) is 5.92 Å². The molecule has 1 aliphatic carbocycles. The Morgan fingerprint density at radius 3 is 2.69 bits per heavy atom. The largest absolute Gasteiger partial charge is 0.481 e. The Kier molecular flexibility index (Phi) is 3.14. The van der Waals surface area contributed by atoms with E-state index in [2.05, 4.69) is 0 Å². The summed E-state index contributed by atoms with van der Waals surface area (Å²) < 4.78 is 0. The number of carbonyl (C=O) groups excluding carboxylic acids is 1. The molecule has 0 aromatic rings. The van der Waals surface area contributed by atoms with Crippen LogP contribution < -0.4 is 0 Å². The molecule has 1 atom stereocenters. The van der Waals surface area contributed by atoms with E-state index in [1.165, 1.54) is 12.8 Å². The summed E-state index contributed by atoms with van der Waals surface area (Å²) in [5.74, 6) is -0.251. The molecule has 0 bridgehead atoms. The monoisotopic (exact) mass is 226 g/mol. The molecule has 1 heterocycles. The lowest BCUT2D eigenvalue weighted by atomic mass is 10.1. The van der Waals surface area contributed by atoms with E-state index in [9.17, 15) is 9.59 Å². The summed E-state index contributed by atoms with van der Waals surface area (Å²) in [4.78, 5) is 26.4. The Morgan fingerprint density at radius 1 is 1.44 bits per heavy atom. The van der Waals surface area contributed by atoms with Gasteiger partial charge in [0.1, 0.15) is 0 Å². The zero-order valence-corrected chi connectivity index (χ0v) is 9.56. The first-order valence-electron chi connectivity index (χ1n) is 5.78. The van der Waals surface area contributed by atoms with Gasteiger partial charge in [0.15, 0.2) is 0 Å². The van der Waals surface area contributed by atoms with E-state index in [0.717, 1.165) is 19.6 Å². The van der Waals surface area contributed by atoms with Crippen molar-refractivity contribution < 1.29 is 14.7 Å². The standard InChI is InChI=1S/C11H18N2O3/c1-12-4-5-13(7-8-2-3-8)11(16)9(12)6-10(14)15/h8-9H,2-7H2,1H3,(H,14,15). The van der Waals surface area contributed by atoms with Crippen LogP contribution in [0.25, 0.3) is 0 Å². The lowest BCUT2D eigenvalue weighted by molar-refractivity contribution is -0.148. The molecule has 5 nitrogen and oxygen atoms in total. The topological polar surface area (TPSA) is 60.9 Å². The summed E-state index contributed by atoms with van der Waals surface area (Å²) in [6, 6.07) is -0.468. The Labute approximate surface area is 95.0 Å². The normalized spacial score (nSPS) is 27.2. The van der Waals surface area contributed by atoms with Gasteiger partial charge in [-0.3, -0.25) is 14.5 Å². The second-order valence-corrected chi connectivity index (χ2v) is 4.82. The molecule has 90 valence electrons. The van der Waals surface area contributed by atoms with Crippen LogP contribution in [0.15, 0.2) is 0 Å².